The fourth-order valence-corrected chi connectivity index (χ4v) is 6.97. The van der Waals surface area contributed by atoms with Gasteiger partial charge < -0.3 is 9.84 Å². The van der Waals surface area contributed by atoms with Gasteiger partial charge in [-0.1, -0.05) is 146 Å². The molecule has 6 aromatic carbocycles. The van der Waals surface area contributed by atoms with Crippen LogP contribution in [-0.4, -0.2) is 47.4 Å². The van der Waals surface area contributed by atoms with Gasteiger partial charge in [0.1, 0.15) is 0 Å². The van der Waals surface area contributed by atoms with E-state index in [9.17, 15) is 9.90 Å². The van der Waals surface area contributed by atoms with Gasteiger partial charge in [0.2, 0.25) is 5.82 Å². The van der Waals surface area contributed by atoms with Gasteiger partial charge in [0, 0.05) is 5.56 Å². The number of benzene rings is 6. The maximum absolute atomic E-state index is 12.1. The van der Waals surface area contributed by atoms with Crippen LogP contribution in [-0.2, 0) is 12.1 Å². The zero-order valence-electron chi connectivity index (χ0n) is 28.4. The third-order valence-electron chi connectivity index (χ3n) is 9.30. The highest BCUT2D eigenvalue weighted by Crippen LogP contribution is 2.40. The largest absolute Gasteiger partial charge is 0.478 e. The van der Waals surface area contributed by atoms with Crippen molar-refractivity contribution >= 4 is 17.0 Å². The Morgan fingerprint density at radius 1 is 0.692 bits per heavy atom. The summed E-state index contributed by atoms with van der Waals surface area (Å²) in [6.45, 7) is 2.67. The molecule has 0 fully saturated rings. The second-order valence-corrected chi connectivity index (χ2v) is 12.3. The number of imidazole rings is 1. The lowest BCUT2D eigenvalue weighted by Gasteiger charge is -2.34. The molecule has 0 saturated heterocycles. The summed E-state index contributed by atoms with van der Waals surface area (Å²) in [5, 5.41) is 24.5. The number of carboxylic acids is 1. The molecule has 0 atom stereocenters. The van der Waals surface area contributed by atoms with Crippen molar-refractivity contribution in [3.8, 4) is 28.5 Å². The predicted octanol–water partition coefficient (Wildman–Crippen LogP) is 8.34. The summed E-state index contributed by atoms with van der Waals surface area (Å²) in [6, 6.07) is 52.5. The van der Waals surface area contributed by atoms with E-state index in [0.29, 0.717) is 36.0 Å². The molecule has 0 spiro atoms. The summed E-state index contributed by atoms with van der Waals surface area (Å²) in [5.74, 6) is -0.514. The first-order chi connectivity index (χ1) is 25.6. The maximum Gasteiger partial charge on any atom is 0.337 e. The van der Waals surface area contributed by atoms with Crippen LogP contribution in [0, 0.1) is 0 Å². The average Bonchev–Trinajstić information content (AvgIpc) is 3.82. The minimum Gasteiger partial charge on any atom is -0.478 e. The van der Waals surface area contributed by atoms with Crippen molar-refractivity contribution < 1.29 is 14.6 Å². The molecule has 9 nitrogen and oxygen atoms in total. The summed E-state index contributed by atoms with van der Waals surface area (Å²) in [4.78, 5) is 18.4. The minimum atomic E-state index is -1.01. The van der Waals surface area contributed by atoms with Gasteiger partial charge in [-0.2, -0.15) is 4.98 Å². The van der Waals surface area contributed by atoms with Gasteiger partial charge in [0.05, 0.1) is 29.7 Å². The van der Waals surface area contributed by atoms with Gasteiger partial charge in [-0.15, -0.1) is 15.0 Å². The maximum atomic E-state index is 12.1. The zero-order chi connectivity index (χ0) is 35.5. The molecule has 0 saturated carbocycles. The van der Waals surface area contributed by atoms with Crippen molar-refractivity contribution in [3.63, 3.8) is 0 Å². The van der Waals surface area contributed by atoms with Crippen molar-refractivity contribution in [1.29, 1.82) is 0 Å². The highest BCUT2D eigenvalue weighted by atomic mass is 16.5. The second kappa shape index (κ2) is 13.8. The Bertz CT molecular complexity index is 2380. The van der Waals surface area contributed by atoms with E-state index in [-0.39, 0.29) is 5.56 Å². The van der Waals surface area contributed by atoms with Crippen molar-refractivity contribution in [3.05, 3.63) is 186 Å². The molecule has 2 heterocycles. The number of fused-ring (bicyclic) bond motifs is 1. The molecule has 0 aliphatic rings. The number of aromatic carboxylic acids is 1. The van der Waals surface area contributed by atoms with Crippen LogP contribution in [0.4, 0.5) is 0 Å². The molecule has 0 aliphatic carbocycles. The smallest absolute Gasteiger partial charge is 0.337 e. The van der Waals surface area contributed by atoms with Crippen molar-refractivity contribution in [1.82, 2.24) is 29.8 Å². The third-order valence-corrected chi connectivity index (χ3v) is 9.30. The Morgan fingerprint density at radius 2 is 1.27 bits per heavy atom. The molecule has 0 aliphatic heterocycles. The van der Waals surface area contributed by atoms with Crippen LogP contribution in [0.15, 0.2) is 158 Å². The van der Waals surface area contributed by atoms with E-state index in [1.54, 1.807) is 23.0 Å². The number of rotatable bonds is 11. The molecule has 1 N–H and O–H groups in total. The second-order valence-electron chi connectivity index (χ2n) is 12.3. The Balaban J connectivity index is 1.19. The van der Waals surface area contributed by atoms with Gasteiger partial charge >= 0.3 is 5.97 Å². The average molecular weight is 683 g/mol. The highest BCUT2D eigenvalue weighted by molar-refractivity contribution is 6.01. The summed E-state index contributed by atoms with van der Waals surface area (Å²) in [6.07, 6.45) is 0. The molecule has 0 unspecified atom stereocenters. The van der Waals surface area contributed by atoms with E-state index in [0.717, 1.165) is 38.9 Å². The van der Waals surface area contributed by atoms with E-state index in [2.05, 4.69) is 59.6 Å². The first-order valence-electron chi connectivity index (χ1n) is 17.1. The van der Waals surface area contributed by atoms with Crippen LogP contribution < -0.4 is 4.74 Å². The molecular formula is C43H34N6O3. The highest BCUT2D eigenvalue weighted by Gasteiger charge is 2.41. The molecular weight excluding hydrogens is 649 g/mol. The molecule has 0 radical (unpaired) electrons. The van der Waals surface area contributed by atoms with Crippen LogP contribution in [0.5, 0.6) is 6.01 Å². The predicted molar refractivity (Wildman–Crippen MR) is 200 cm³/mol. The Kier molecular flexibility index (Phi) is 8.58. The summed E-state index contributed by atoms with van der Waals surface area (Å²) in [5.41, 5.74) is 7.15. The van der Waals surface area contributed by atoms with E-state index in [4.69, 9.17) is 20.1 Å². The Labute approximate surface area is 300 Å². The van der Waals surface area contributed by atoms with Crippen molar-refractivity contribution in [2.45, 2.75) is 19.0 Å². The molecule has 8 aromatic rings. The lowest BCUT2D eigenvalue weighted by molar-refractivity contribution is 0.0698. The van der Waals surface area contributed by atoms with E-state index in [1.807, 2.05) is 96.4 Å². The lowest BCUT2D eigenvalue weighted by Crippen LogP contribution is -2.39. The molecule has 52 heavy (non-hydrogen) atoms. The number of carbonyl (C=O) groups is 1. The number of hydrogen-bond donors (Lipinski definition) is 1. The van der Waals surface area contributed by atoms with Crippen LogP contribution in [0.25, 0.3) is 33.5 Å². The number of hydrogen-bond acceptors (Lipinski definition) is 6. The summed E-state index contributed by atoms with van der Waals surface area (Å²) < 4.78 is 7.66. The molecule has 2 aromatic heterocycles. The number of para-hydroxylation sites is 1. The first kappa shape index (κ1) is 32.3. The molecule has 0 bridgehead atoms. The number of aromatic nitrogens is 6. The standard InChI is InChI=1S/C43H34N6O3/c1-2-52-42-44-38-24-14-23-37(41(50)51)39(38)48(42)29-30-25-27-31(28-26-30)35-21-12-13-22-36(35)40-45-47-49(46-40)43(32-15-6-3-7-16-32,33-17-8-4-9-18-33)34-19-10-5-11-20-34/h3-28H,2,29H2,1H3,(H,50,51). The molecule has 0 amide bonds. The third kappa shape index (κ3) is 5.68. The zero-order valence-corrected chi connectivity index (χ0v) is 28.4. The van der Waals surface area contributed by atoms with Crippen molar-refractivity contribution in [2.75, 3.05) is 6.61 Å². The number of nitrogens with zero attached hydrogens (tertiary/aromatic N) is 6. The van der Waals surface area contributed by atoms with E-state index >= 15 is 0 Å². The number of ether oxygens (including phenoxy) is 1. The Morgan fingerprint density at radius 3 is 1.85 bits per heavy atom. The number of carboxylic acid groups (broad SMARTS) is 1. The fourth-order valence-electron chi connectivity index (χ4n) is 6.97. The van der Waals surface area contributed by atoms with Gasteiger partial charge in [-0.25, -0.2) is 4.79 Å². The quantitative estimate of drug-likeness (QED) is 0.137. The van der Waals surface area contributed by atoms with Crippen LogP contribution in [0.3, 0.4) is 0 Å². The molecule has 8 rings (SSSR count). The summed E-state index contributed by atoms with van der Waals surface area (Å²) >= 11 is 0. The molecule has 254 valence electrons. The van der Waals surface area contributed by atoms with E-state index in [1.165, 1.54) is 0 Å². The summed E-state index contributed by atoms with van der Waals surface area (Å²) in [7, 11) is 0. The minimum absolute atomic E-state index is 0.179. The topological polar surface area (TPSA) is 108 Å². The van der Waals surface area contributed by atoms with Gasteiger partial charge in [-0.05, 0) is 57.7 Å². The van der Waals surface area contributed by atoms with Gasteiger partial charge in [0.15, 0.2) is 5.54 Å². The monoisotopic (exact) mass is 682 g/mol. The van der Waals surface area contributed by atoms with Crippen LogP contribution >= 0.6 is 0 Å². The van der Waals surface area contributed by atoms with Crippen LogP contribution in [0.2, 0.25) is 0 Å². The molecule has 9 heteroatoms. The van der Waals surface area contributed by atoms with Crippen LogP contribution in [0.1, 0.15) is 39.5 Å². The lowest BCUT2D eigenvalue weighted by atomic mass is 9.77. The van der Waals surface area contributed by atoms with Gasteiger partial charge in [-0.3, -0.25) is 4.57 Å². The normalized spacial score (nSPS) is 11.5. The first-order valence-corrected chi connectivity index (χ1v) is 17.1. The Hall–Kier alpha value is -6.87. The van der Waals surface area contributed by atoms with Gasteiger partial charge in [0.25, 0.3) is 6.01 Å². The number of tetrazole rings is 1. The van der Waals surface area contributed by atoms with Crippen molar-refractivity contribution in [2.24, 2.45) is 0 Å². The SMILES string of the molecule is CCOc1nc2cccc(C(=O)O)c2n1Cc1ccc(-c2ccccc2-c2nnn(C(c3ccccc3)(c3ccccc3)c3ccccc3)n2)cc1. The fraction of sp³-hybridized carbons (Fsp3) is 0.0930. The van der Waals surface area contributed by atoms with E-state index < -0.39 is 11.5 Å².